The van der Waals surface area contributed by atoms with Crippen LogP contribution in [0.5, 0.6) is 11.5 Å². The van der Waals surface area contributed by atoms with E-state index in [9.17, 15) is 0 Å². The minimum Gasteiger partial charge on any atom is -0.496 e. The highest BCUT2D eigenvalue weighted by Gasteiger charge is 2.22. The predicted octanol–water partition coefficient (Wildman–Crippen LogP) is 1.81. The van der Waals surface area contributed by atoms with Crippen molar-refractivity contribution in [1.29, 1.82) is 0 Å². The lowest BCUT2D eigenvalue weighted by molar-refractivity contribution is 0.379. The van der Waals surface area contributed by atoms with Crippen LogP contribution in [0.3, 0.4) is 0 Å². The summed E-state index contributed by atoms with van der Waals surface area (Å²) in [7, 11) is 3.29. The van der Waals surface area contributed by atoms with Crippen LogP contribution in [-0.2, 0) is 6.54 Å². The molecule has 0 aliphatic carbocycles. The van der Waals surface area contributed by atoms with Crippen molar-refractivity contribution < 1.29 is 14.0 Å². The second-order valence-electron chi connectivity index (χ2n) is 5.13. The zero-order valence-electron chi connectivity index (χ0n) is 12.8. The van der Waals surface area contributed by atoms with Crippen molar-refractivity contribution in [3.05, 3.63) is 18.0 Å². The normalized spacial score (nSPS) is 14.4. The summed E-state index contributed by atoms with van der Waals surface area (Å²) in [5.74, 6) is 2.30. The first-order valence-electron chi connectivity index (χ1n) is 7.30. The number of hydrogen-bond donors (Lipinski definition) is 1. The van der Waals surface area contributed by atoms with Gasteiger partial charge in [-0.15, -0.1) is 0 Å². The Bertz CT molecular complexity index is 650. The molecule has 0 saturated carbocycles. The fourth-order valence-electron chi connectivity index (χ4n) is 2.71. The van der Waals surface area contributed by atoms with E-state index in [0.29, 0.717) is 17.5 Å². The maximum Gasteiger partial charge on any atom is 0.240 e. The zero-order valence-corrected chi connectivity index (χ0v) is 12.8. The lowest BCUT2D eigenvalue weighted by atomic mass is 10.1. The van der Waals surface area contributed by atoms with Crippen LogP contribution in [0.2, 0.25) is 0 Å². The number of hydrogen-bond acceptors (Lipinski definition) is 7. The van der Waals surface area contributed by atoms with Gasteiger partial charge in [-0.3, -0.25) is 0 Å². The second kappa shape index (κ2) is 6.23. The fourth-order valence-corrected chi connectivity index (χ4v) is 2.71. The largest absolute Gasteiger partial charge is 0.496 e. The zero-order chi connectivity index (χ0) is 15.5. The number of anilines is 1. The summed E-state index contributed by atoms with van der Waals surface area (Å²) in [4.78, 5) is 6.56. The summed E-state index contributed by atoms with van der Waals surface area (Å²) in [5, 5.41) is 3.95. The van der Waals surface area contributed by atoms with Gasteiger partial charge in [0, 0.05) is 19.2 Å². The number of nitrogens with two attached hydrogens (primary N) is 1. The van der Waals surface area contributed by atoms with E-state index in [-0.39, 0.29) is 6.54 Å². The van der Waals surface area contributed by atoms with E-state index in [1.807, 2.05) is 12.1 Å². The molecule has 0 bridgehead atoms. The van der Waals surface area contributed by atoms with Crippen molar-refractivity contribution in [2.45, 2.75) is 19.4 Å². The molecule has 2 N–H and O–H groups in total. The minimum absolute atomic E-state index is 0.207. The lowest BCUT2D eigenvalue weighted by Gasteiger charge is -2.22. The Morgan fingerprint density at radius 2 is 1.91 bits per heavy atom. The summed E-state index contributed by atoms with van der Waals surface area (Å²) in [5.41, 5.74) is 7.27. The van der Waals surface area contributed by atoms with Gasteiger partial charge < -0.3 is 24.6 Å². The molecule has 1 saturated heterocycles. The average Bonchev–Trinajstić information content (AvgIpc) is 3.24. The molecule has 7 nitrogen and oxygen atoms in total. The number of rotatable bonds is 5. The summed E-state index contributed by atoms with van der Waals surface area (Å²) < 4.78 is 16.1. The molecule has 0 radical (unpaired) electrons. The highest BCUT2D eigenvalue weighted by atomic mass is 16.5. The van der Waals surface area contributed by atoms with Gasteiger partial charge in [-0.1, -0.05) is 5.16 Å². The van der Waals surface area contributed by atoms with Crippen LogP contribution in [0.4, 0.5) is 5.69 Å². The lowest BCUT2D eigenvalue weighted by Crippen LogP contribution is -2.18. The average molecular weight is 304 g/mol. The Balaban J connectivity index is 2.06. The molecule has 1 aliphatic heterocycles. The van der Waals surface area contributed by atoms with Crippen LogP contribution >= 0.6 is 0 Å². The Morgan fingerprint density at radius 1 is 1.18 bits per heavy atom. The third kappa shape index (κ3) is 2.59. The molecule has 1 aliphatic rings. The van der Waals surface area contributed by atoms with Crippen LogP contribution in [-0.4, -0.2) is 37.4 Å². The van der Waals surface area contributed by atoms with Crippen LogP contribution in [0.1, 0.15) is 18.7 Å². The van der Waals surface area contributed by atoms with E-state index in [4.69, 9.17) is 19.7 Å². The van der Waals surface area contributed by atoms with Crippen molar-refractivity contribution in [1.82, 2.24) is 10.1 Å². The molecule has 0 atom stereocenters. The number of benzene rings is 1. The first-order chi connectivity index (χ1) is 10.8. The molecular formula is C15H20N4O3. The molecular weight excluding hydrogens is 284 g/mol. The van der Waals surface area contributed by atoms with Gasteiger partial charge in [0.05, 0.1) is 32.0 Å². The molecule has 1 fully saturated rings. The van der Waals surface area contributed by atoms with E-state index < -0.39 is 0 Å². The quantitative estimate of drug-likeness (QED) is 0.901. The van der Waals surface area contributed by atoms with Gasteiger partial charge >= 0.3 is 0 Å². The topological polar surface area (TPSA) is 86.6 Å². The molecule has 2 heterocycles. The van der Waals surface area contributed by atoms with Gasteiger partial charge in [0.25, 0.3) is 0 Å². The molecule has 7 heteroatoms. The maximum atomic E-state index is 5.54. The molecule has 118 valence electrons. The summed E-state index contributed by atoms with van der Waals surface area (Å²) in [6.45, 7) is 2.26. The second-order valence-corrected chi connectivity index (χ2v) is 5.13. The standard InChI is InChI=1S/C15H20N4O3/c1-20-12-8-11(19-5-3-4-6-19)13(21-2)7-10(12)15-17-14(9-16)22-18-15/h7-8H,3-6,9,16H2,1-2H3. The van der Waals surface area contributed by atoms with Gasteiger partial charge in [0.2, 0.25) is 11.7 Å². The van der Waals surface area contributed by atoms with Crippen molar-refractivity contribution in [3.63, 3.8) is 0 Å². The Labute approximate surface area is 129 Å². The van der Waals surface area contributed by atoms with Gasteiger partial charge in [-0.2, -0.15) is 4.98 Å². The molecule has 2 aromatic rings. The van der Waals surface area contributed by atoms with Crippen LogP contribution in [0, 0.1) is 0 Å². The van der Waals surface area contributed by atoms with E-state index in [1.165, 1.54) is 12.8 Å². The van der Waals surface area contributed by atoms with Gasteiger partial charge in [-0.05, 0) is 18.9 Å². The van der Waals surface area contributed by atoms with E-state index >= 15 is 0 Å². The summed E-state index contributed by atoms with van der Waals surface area (Å²) >= 11 is 0. The monoisotopic (exact) mass is 304 g/mol. The summed E-state index contributed by atoms with van der Waals surface area (Å²) in [6.07, 6.45) is 2.38. The van der Waals surface area contributed by atoms with E-state index in [2.05, 4.69) is 15.0 Å². The molecule has 0 amide bonds. The molecule has 22 heavy (non-hydrogen) atoms. The number of methoxy groups -OCH3 is 2. The molecule has 0 unspecified atom stereocenters. The van der Waals surface area contributed by atoms with Crippen molar-refractivity contribution in [3.8, 4) is 22.9 Å². The maximum absolute atomic E-state index is 5.54. The Kier molecular flexibility index (Phi) is 4.15. The highest BCUT2D eigenvalue weighted by Crippen LogP contribution is 2.40. The van der Waals surface area contributed by atoms with Crippen LogP contribution in [0.15, 0.2) is 16.7 Å². The molecule has 3 rings (SSSR count). The number of aromatic nitrogens is 2. The number of ether oxygens (including phenoxy) is 2. The van der Waals surface area contributed by atoms with E-state index in [1.54, 1.807) is 14.2 Å². The molecule has 1 aromatic carbocycles. The Morgan fingerprint density at radius 3 is 2.50 bits per heavy atom. The first kappa shape index (κ1) is 14.6. The van der Waals surface area contributed by atoms with E-state index in [0.717, 1.165) is 30.1 Å². The fraction of sp³-hybridized carbons (Fsp3) is 0.467. The third-order valence-electron chi connectivity index (χ3n) is 3.83. The smallest absolute Gasteiger partial charge is 0.240 e. The van der Waals surface area contributed by atoms with Crippen molar-refractivity contribution in [2.24, 2.45) is 5.73 Å². The van der Waals surface area contributed by atoms with Gasteiger partial charge in [-0.25, -0.2) is 0 Å². The van der Waals surface area contributed by atoms with Crippen molar-refractivity contribution >= 4 is 5.69 Å². The Hall–Kier alpha value is -2.28. The van der Waals surface area contributed by atoms with Gasteiger partial charge in [0.15, 0.2) is 0 Å². The highest BCUT2D eigenvalue weighted by molar-refractivity contribution is 5.74. The SMILES string of the molecule is COc1cc(N2CCCC2)c(OC)cc1-c1noc(CN)n1. The predicted molar refractivity (Wildman–Crippen MR) is 82.2 cm³/mol. The first-order valence-corrected chi connectivity index (χ1v) is 7.30. The molecule has 0 spiro atoms. The minimum atomic E-state index is 0.207. The summed E-state index contributed by atoms with van der Waals surface area (Å²) in [6, 6.07) is 3.86. The molecule has 1 aromatic heterocycles. The van der Waals surface area contributed by atoms with Gasteiger partial charge in [0.1, 0.15) is 11.5 Å². The van der Waals surface area contributed by atoms with Crippen LogP contribution in [0.25, 0.3) is 11.4 Å². The van der Waals surface area contributed by atoms with Crippen LogP contribution < -0.4 is 20.1 Å². The number of nitrogens with zero attached hydrogens (tertiary/aromatic N) is 3. The third-order valence-corrected chi connectivity index (χ3v) is 3.83. The van der Waals surface area contributed by atoms with Crippen molar-refractivity contribution in [2.75, 3.05) is 32.2 Å².